The fraction of sp³-hybridized carbons (Fsp3) is 1.00. The molecule has 0 heterocycles. The number of rotatable bonds is 3. The van der Waals surface area contributed by atoms with Crippen LogP contribution in [-0.4, -0.2) is 29.6 Å². The van der Waals surface area contributed by atoms with Gasteiger partial charge in [0.15, 0.2) is 5.50 Å². The number of hydrogen-bond acceptors (Lipinski definition) is 0. The van der Waals surface area contributed by atoms with E-state index < -0.39 is 0 Å². The van der Waals surface area contributed by atoms with Crippen molar-refractivity contribution < 1.29 is 4.48 Å². The van der Waals surface area contributed by atoms with Gasteiger partial charge in [-0.25, -0.2) is 0 Å². The first-order chi connectivity index (χ1) is 6.79. The zero-order valence-corrected chi connectivity index (χ0v) is 13.4. The Morgan fingerprint density at radius 3 is 1.62 bits per heavy atom. The molecule has 0 saturated carbocycles. The fourth-order valence-electron chi connectivity index (χ4n) is 2.07. The van der Waals surface area contributed by atoms with Crippen molar-refractivity contribution in [2.45, 2.75) is 65.9 Å². The molecule has 0 aromatic rings. The third kappa shape index (κ3) is 4.25. The van der Waals surface area contributed by atoms with E-state index in [1.807, 2.05) is 0 Å². The van der Waals surface area contributed by atoms with Crippen LogP contribution < -0.4 is 0 Å². The third-order valence-corrected chi connectivity index (χ3v) is 4.67. The highest BCUT2D eigenvalue weighted by Crippen LogP contribution is 2.35. The molecule has 0 fully saturated rings. The molecule has 2 heteroatoms. The Labute approximate surface area is 108 Å². The van der Waals surface area contributed by atoms with E-state index in [0.717, 1.165) is 4.48 Å². The first-order valence-corrected chi connectivity index (χ1v) is 6.70. The van der Waals surface area contributed by atoms with Gasteiger partial charge >= 0.3 is 0 Å². The molecular weight excluding hydrogens is 218 g/mol. The summed E-state index contributed by atoms with van der Waals surface area (Å²) >= 11 is 6.69. The zero-order chi connectivity index (χ0) is 13.4. The number of quaternary nitrogens is 1. The molecule has 98 valence electrons. The van der Waals surface area contributed by atoms with E-state index in [-0.39, 0.29) is 11.0 Å². The van der Waals surface area contributed by atoms with Crippen molar-refractivity contribution in [1.82, 2.24) is 0 Å². The second-order valence-electron chi connectivity index (χ2n) is 7.83. The Bertz CT molecular complexity index is 220. The maximum absolute atomic E-state index is 6.69. The van der Waals surface area contributed by atoms with Gasteiger partial charge in [0, 0.05) is 5.92 Å². The van der Waals surface area contributed by atoms with Crippen LogP contribution >= 0.6 is 11.6 Å². The smallest absolute Gasteiger partial charge is 0.167 e. The summed E-state index contributed by atoms with van der Waals surface area (Å²) in [6.45, 7) is 15.9. The van der Waals surface area contributed by atoms with Crippen molar-refractivity contribution in [1.29, 1.82) is 0 Å². The number of nitrogens with zero attached hydrogens (tertiary/aromatic N) is 1. The van der Waals surface area contributed by atoms with Gasteiger partial charge < -0.3 is 4.48 Å². The van der Waals surface area contributed by atoms with E-state index in [1.165, 1.54) is 6.42 Å². The van der Waals surface area contributed by atoms with Crippen LogP contribution in [0.5, 0.6) is 0 Å². The molecule has 0 aromatic heterocycles. The van der Waals surface area contributed by atoms with Gasteiger partial charge in [-0.05, 0) is 32.6 Å². The van der Waals surface area contributed by atoms with Gasteiger partial charge in [-0.3, -0.25) is 0 Å². The summed E-state index contributed by atoms with van der Waals surface area (Å²) in [6.07, 6.45) is 1.17. The Balaban J connectivity index is 4.74. The molecule has 0 aliphatic rings. The average molecular weight is 249 g/mol. The largest absolute Gasteiger partial charge is 0.309 e. The van der Waals surface area contributed by atoms with E-state index in [2.05, 4.69) is 62.6 Å². The molecule has 0 radical (unpaired) electrons. The van der Waals surface area contributed by atoms with Gasteiger partial charge in [0.25, 0.3) is 0 Å². The molecule has 0 amide bonds. The minimum atomic E-state index is 0.166. The van der Waals surface area contributed by atoms with Crippen molar-refractivity contribution >= 4 is 11.6 Å². The highest BCUT2D eigenvalue weighted by Gasteiger charge is 2.41. The van der Waals surface area contributed by atoms with Gasteiger partial charge in [-0.2, -0.15) is 0 Å². The number of halogens is 1. The molecule has 0 aromatic carbocycles. The van der Waals surface area contributed by atoms with Gasteiger partial charge in [-0.15, -0.1) is 0 Å². The van der Waals surface area contributed by atoms with Gasteiger partial charge in [0.05, 0.1) is 19.6 Å². The summed E-state index contributed by atoms with van der Waals surface area (Å²) < 4.78 is 0.853. The summed E-state index contributed by atoms with van der Waals surface area (Å²) in [5.74, 6) is 0.524. The Morgan fingerprint density at radius 2 is 1.38 bits per heavy atom. The van der Waals surface area contributed by atoms with E-state index in [4.69, 9.17) is 11.6 Å². The van der Waals surface area contributed by atoms with E-state index >= 15 is 0 Å². The van der Waals surface area contributed by atoms with Crippen LogP contribution in [0.15, 0.2) is 0 Å². The van der Waals surface area contributed by atoms with E-state index in [9.17, 15) is 0 Å². The third-order valence-electron chi connectivity index (χ3n) is 3.75. The second-order valence-corrected chi connectivity index (χ2v) is 8.27. The fourth-order valence-corrected chi connectivity index (χ4v) is 2.45. The quantitative estimate of drug-likeness (QED) is 0.392. The SMILES string of the molecule is CC(CC(C)(C)C)C(Cl)[N+](C)(C)C(C)(C)C. The maximum Gasteiger partial charge on any atom is 0.167 e. The average Bonchev–Trinajstić information content (AvgIpc) is 1.97. The van der Waals surface area contributed by atoms with Crippen LogP contribution in [0.1, 0.15) is 54.9 Å². The summed E-state index contributed by atoms with van der Waals surface area (Å²) in [7, 11) is 4.47. The molecule has 1 nitrogen and oxygen atoms in total. The predicted molar refractivity (Wildman–Crippen MR) is 74.7 cm³/mol. The number of alkyl halides is 1. The number of hydrogen-bond donors (Lipinski definition) is 0. The normalized spacial score (nSPS) is 18.4. The van der Waals surface area contributed by atoms with Gasteiger partial charge in [0.2, 0.25) is 0 Å². The van der Waals surface area contributed by atoms with Crippen LogP contribution in [0.4, 0.5) is 0 Å². The standard InChI is InChI=1S/C14H31ClN/c1-11(10-13(2,3)4)12(15)16(8,9)14(5,6)7/h11-12H,10H2,1-9H3/q+1. The maximum atomic E-state index is 6.69. The van der Waals surface area contributed by atoms with Crippen molar-refractivity contribution in [2.75, 3.05) is 14.1 Å². The molecule has 0 spiro atoms. The summed E-state index contributed by atoms with van der Waals surface area (Å²) in [5, 5.41) is 0. The van der Waals surface area contributed by atoms with Crippen LogP contribution in [0, 0.1) is 11.3 Å². The minimum absolute atomic E-state index is 0.166. The molecular formula is C14H31ClN+. The molecule has 2 unspecified atom stereocenters. The van der Waals surface area contributed by atoms with E-state index in [0.29, 0.717) is 11.3 Å². The first-order valence-electron chi connectivity index (χ1n) is 6.27. The highest BCUT2D eigenvalue weighted by atomic mass is 35.5. The lowest BCUT2D eigenvalue weighted by molar-refractivity contribution is -0.949. The van der Waals surface area contributed by atoms with Crippen LogP contribution in [-0.2, 0) is 0 Å². The Morgan fingerprint density at radius 1 is 1.00 bits per heavy atom. The van der Waals surface area contributed by atoms with Crippen molar-refractivity contribution in [2.24, 2.45) is 11.3 Å². The molecule has 0 aliphatic heterocycles. The highest BCUT2D eigenvalue weighted by molar-refractivity contribution is 6.19. The molecule has 0 N–H and O–H groups in total. The van der Waals surface area contributed by atoms with Crippen molar-refractivity contribution in [3.8, 4) is 0 Å². The first kappa shape index (κ1) is 16.2. The summed E-state index contributed by atoms with van der Waals surface area (Å²) in [6, 6.07) is 0. The van der Waals surface area contributed by atoms with Crippen molar-refractivity contribution in [3.63, 3.8) is 0 Å². The zero-order valence-electron chi connectivity index (χ0n) is 12.7. The summed E-state index contributed by atoms with van der Waals surface area (Å²) in [5.41, 5.74) is 0.697. The second kappa shape index (κ2) is 4.86. The molecule has 2 atom stereocenters. The summed E-state index contributed by atoms with van der Waals surface area (Å²) in [4.78, 5) is 0. The van der Waals surface area contributed by atoms with Crippen LogP contribution in [0.2, 0.25) is 0 Å². The topological polar surface area (TPSA) is 0 Å². The molecule has 0 aliphatic carbocycles. The van der Waals surface area contributed by atoms with Gasteiger partial charge in [-0.1, -0.05) is 39.3 Å². The Kier molecular flexibility index (Phi) is 4.93. The molecule has 16 heavy (non-hydrogen) atoms. The van der Waals surface area contributed by atoms with Crippen LogP contribution in [0.25, 0.3) is 0 Å². The molecule has 0 rings (SSSR count). The Hall–Kier alpha value is 0.250. The van der Waals surface area contributed by atoms with Crippen molar-refractivity contribution in [3.05, 3.63) is 0 Å². The van der Waals surface area contributed by atoms with Gasteiger partial charge in [0.1, 0.15) is 0 Å². The van der Waals surface area contributed by atoms with E-state index in [1.54, 1.807) is 0 Å². The molecule has 0 saturated heterocycles. The van der Waals surface area contributed by atoms with Crippen LogP contribution in [0.3, 0.4) is 0 Å². The monoisotopic (exact) mass is 248 g/mol. The lowest BCUT2D eigenvalue weighted by Crippen LogP contribution is -2.60. The molecule has 0 bridgehead atoms. The lowest BCUT2D eigenvalue weighted by atomic mass is 9.84. The lowest BCUT2D eigenvalue weighted by Gasteiger charge is -2.48. The predicted octanol–water partition coefficient (Wildman–Crippen LogP) is 4.50. The minimum Gasteiger partial charge on any atom is -0.309 e.